The zero-order chi connectivity index (χ0) is 30.3. The monoisotopic (exact) mass is 567 g/mol. The SMILES string of the molecule is C=C(NC1=C(CCC)C=CP(CC(C)CCc2cccc(CC)c2)C1)/C(C)=C/CCC1CC1.CC.CC.CCC. The normalized spacial score (nSPS) is 16.9. The van der Waals surface area contributed by atoms with Crippen molar-refractivity contribution in [2.45, 2.75) is 133 Å². The van der Waals surface area contributed by atoms with Crippen LogP contribution < -0.4 is 5.32 Å². The molecule has 0 saturated heterocycles. The summed E-state index contributed by atoms with van der Waals surface area (Å²) in [5, 5.41) is 3.76. The fraction of sp³-hybridized carbons (Fsp3) is 0.632. The summed E-state index contributed by atoms with van der Waals surface area (Å²) in [5.41, 5.74) is 8.31. The molecule has 1 heterocycles. The van der Waals surface area contributed by atoms with Crippen LogP contribution >= 0.6 is 7.92 Å². The number of allylic oxidation sites excluding steroid dienone is 5. The lowest BCUT2D eigenvalue weighted by Gasteiger charge is -2.27. The molecular weight excluding hydrogens is 501 g/mol. The molecule has 0 aromatic heterocycles. The molecule has 2 aliphatic rings. The van der Waals surface area contributed by atoms with Crippen LogP contribution in [0, 0.1) is 11.8 Å². The van der Waals surface area contributed by atoms with Crippen molar-refractivity contribution in [3.05, 3.63) is 82.5 Å². The van der Waals surface area contributed by atoms with Crippen LogP contribution in [-0.2, 0) is 12.8 Å². The van der Waals surface area contributed by atoms with Crippen molar-refractivity contribution in [2.24, 2.45) is 11.8 Å². The highest BCUT2D eigenvalue weighted by Crippen LogP contribution is 2.46. The number of hydrogen-bond acceptors (Lipinski definition) is 1. The number of aryl methyl sites for hydroxylation is 2. The number of nitrogens with one attached hydrogen (secondary N) is 1. The van der Waals surface area contributed by atoms with Crippen molar-refractivity contribution in [1.82, 2.24) is 5.32 Å². The van der Waals surface area contributed by atoms with Crippen molar-refractivity contribution in [1.29, 1.82) is 0 Å². The molecule has 2 heteroatoms. The van der Waals surface area contributed by atoms with Crippen molar-refractivity contribution in [3.8, 4) is 0 Å². The predicted octanol–water partition coefficient (Wildman–Crippen LogP) is 12.6. The van der Waals surface area contributed by atoms with Crippen LogP contribution in [0.4, 0.5) is 0 Å². The van der Waals surface area contributed by atoms with Gasteiger partial charge in [0.15, 0.2) is 0 Å². The Morgan fingerprint density at radius 2 is 1.70 bits per heavy atom. The molecule has 0 amide bonds. The average molecular weight is 568 g/mol. The molecule has 1 N–H and O–H groups in total. The fourth-order valence-electron chi connectivity index (χ4n) is 4.66. The van der Waals surface area contributed by atoms with E-state index in [0.717, 1.165) is 30.4 Å². The van der Waals surface area contributed by atoms with Gasteiger partial charge in [0, 0.05) is 17.6 Å². The number of rotatable bonds is 14. The van der Waals surface area contributed by atoms with Gasteiger partial charge in [0.05, 0.1) is 0 Å². The van der Waals surface area contributed by atoms with Gasteiger partial charge in [0.2, 0.25) is 0 Å². The lowest BCUT2D eigenvalue weighted by Crippen LogP contribution is -2.20. The van der Waals surface area contributed by atoms with Crippen LogP contribution in [-0.4, -0.2) is 12.3 Å². The fourth-order valence-corrected chi connectivity index (χ4v) is 7.08. The van der Waals surface area contributed by atoms with E-state index in [-0.39, 0.29) is 7.92 Å². The van der Waals surface area contributed by atoms with Crippen LogP contribution in [0.3, 0.4) is 0 Å². The molecule has 1 aromatic carbocycles. The standard InChI is InChI=1S/C31H46NP.C3H8.2C2H6/c1-6-10-30-19-20-33(22-24(3)15-16-29-14-9-12-27(7-2)21-29)23-31(30)32-26(5)25(4)11-8-13-28-17-18-28;1-3-2;2*1-2/h9,11-12,14,19-21,24,28,32H,5-8,10,13,15-18,22-23H2,1-4H3;3H2,1-2H3;2*1-2H3/b25-11+;;;. The first-order chi connectivity index (χ1) is 19.4. The minimum Gasteiger partial charge on any atom is -0.359 e. The van der Waals surface area contributed by atoms with E-state index in [1.807, 2.05) is 27.7 Å². The predicted molar refractivity (Wildman–Crippen MR) is 188 cm³/mol. The second-order valence-corrected chi connectivity index (χ2v) is 13.2. The van der Waals surface area contributed by atoms with E-state index in [9.17, 15) is 0 Å². The summed E-state index contributed by atoms with van der Waals surface area (Å²) in [7, 11) is -0.100. The third-order valence-corrected chi connectivity index (χ3v) is 9.51. The first kappa shape index (κ1) is 38.4. The van der Waals surface area contributed by atoms with Gasteiger partial charge in [-0.25, -0.2) is 0 Å². The first-order valence-electron chi connectivity index (χ1n) is 16.7. The first-order valence-corrected chi connectivity index (χ1v) is 18.5. The minimum atomic E-state index is -0.100. The Morgan fingerprint density at radius 3 is 2.30 bits per heavy atom. The molecule has 2 atom stereocenters. The lowest BCUT2D eigenvalue weighted by molar-refractivity contribution is 0.593. The Hall–Kier alpha value is -1.59. The maximum Gasteiger partial charge on any atom is 0.0335 e. The molecule has 1 fully saturated rings. The second-order valence-electron chi connectivity index (χ2n) is 11.0. The molecule has 1 aromatic rings. The average Bonchev–Trinajstić information content (AvgIpc) is 3.80. The number of benzene rings is 1. The Balaban J connectivity index is 0.00000199. The summed E-state index contributed by atoms with van der Waals surface area (Å²) in [4.78, 5) is 0. The van der Waals surface area contributed by atoms with Gasteiger partial charge in [-0.3, -0.25) is 0 Å². The summed E-state index contributed by atoms with van der Waals surface area (Å²) in [6, 6.07) is 9.16. The Labute approximate surface area is 252 Å². The van der Waals surface area contributed by atoms with Crippen LogP contribution in [0.15, 0.2) is 71.4 Å². The highest BCUT2D eigenvalue weighted by molar-refractivity contribution is 7.61. The Kier molecular flexibility index (Phi) is 23.1. The maximum atomic E-state index is 4.39. The Morgan fingerprint density at radius 1 is 1.05 bits per heavy atom. The van der Waals surface area contributed by atoms with Crippen molar-refractivity contribution in [2.75, 3.05) is 12.3 Å². The van der Waals surface area contributed by atoms with E-state index < -0.39 is 0 Å². The molecular formula is C38H66NP. The summed E-state index contributed by atoms with van der Waals surface area (Å²) in [6.07, 6.45) is 20.0. The summed E-state index contributed by atoms with van der Waals surface area (Å²) in [5.74, 6) is 4.30. The number of hydrogen-bond donors (Lipinski definition) is 1. The smallest absolute Gasteiger partial charge is 0.0335 e. The van der Waals surface area contributed by atoms with E-state index in [4.69, 9.17) is 0 Å². The van der Waals surface area contributed by atoms with Gasteiger partial charge >= 0.3 is 0 Å². The molecule has 40 heavy (non-hydrogen) atoms. The Bertz CT molecular complexity index is 887. The molecule has 0 bridgehead atoms. The zero-order valence-electron chi connectivity index (χ0n) is 28.3. The van der Waals surface area contributed by atoms with E-state index in [2.05, 4.69) is 95.7 Å². The van der Waals surface area contributed by atoms with E-state index >= 15 is 0 Å². The minimum absolute atomic E-state index is 0.100. The van der Waals surface area contributed by atoms with Gasteiger partial charge in [-0.1, -0.05) is 145 Å². The largest absolute Gasteiger partial charge is 0.359 e. The van der Waals surface area contributed by atoms with Crippen molar-refractivity contribution in [3.63, 3.8) is 0 Å². The van der Waals surface area contributed by atoms with E-state index in [1.54, 1.807) is 0 Å². The third-order valence-electron chi connectivity index (χ3n) is 7.13. The summed E-state index contributed by atoms with van der Waals surface area (Å²) < 4.78 is 0. The van der Waals surface area contributed by atoms with Crippen molar-refractivity contribution >= 4 is 7.92 Å². The molecule has 1 aliphatic heterocycles. The topological polar surface area (TPSA) is 12.0 Å². The molecule has 228 valence electrons. The molecule has 1 saturated carbocycles. The third kappa shape index (κ3) is 16.6. The van der Waals surface area contributed by atoms with Gasteiger partial charge in [0.1, 0.15) is 0 Å². The highest BCUT2D eigenvalue weighted by atomic mass is 31.1. The van der Waals surface area contributed by atoms with Gasteiger partial charge in [-0.05, 0) is 85.7 Å². The summed E-state index contributed by atoms with van der Waals surface area (Å²) >= 11 is 0. The molecule has 0 spiro atoms. The van der Waals surface area contributed by atoms with E-state index in [1.165, 1.54) is 91.7 Å². The van der Waals surface area contributed by atoms with Crippen LogP contribution in [0.5, 0.6) is 0 Å². The molecule has 1 aliphatic carbocycles. The van der Waals surface area contributed by atoms with Gasteiger partial charge in [-0.15, -0.1) is 0 Å². The molecule has 0 radical (unpaired) electrons. The van der Waals surface area contributed by atoms with Crippen LogP contribution in [0.2, 0.25) is 0 Å². The van der Waals surface area contributed by atoms with Crippen molar-refractivity contribution < 1.29 is 0 Å². The second kappa shape index (κ2) is 24.1. The van der Waals surface area contributed by atoms with E-state index in [0.29, 0.717) is 0 Å². The van der Waals surface area contributed by atoms with Gasteiger partial charge in [0.25, 0.3) is 0 Å². The quantitative estimate of drug-likeness (QED) is 0.174. The van der Waals surface area contributed by atoms with Crippen LogP contribution in [0.1, 0.15) is 132 Å². The molecule has 1 nitrogen and oxygen atoms in total. The van der Waals surface area contributed by atoms with Gasteiger partial charge < -0.3 is 5.32 Å². The zero-order valence-corrected chi connectivity index (χ0v) is 29.2. The summed E-state index contributed by atoms with van der Waals surface area (Å²) in [6.45, 7) is 25.8. The van der Waals surface area contributed by atoms with Gasteiger partial charge in [-0.2, -0.15) is 0 Å². The van der Waals surface area contributed by atoms with Crippen LogP contribution in [0.25, 0.3) is 0 Å². The molecule has 3 rings (SSSR count). The lowest BCUT2D eigenvalue weighted by atomic mass is 10.0. The maximum absolute atomic E-state index is 4.39. The highest BCUT2D eigenvalue weighted by Gasteiger charge is 2.20. The molecule has 2 unspecified atom stereocenters.